The molecule has 90 valence electrons. The fourth-order valence-corrected chi connectivity index (χ4v) is 1.96. The van der Waals surface area contributed by atoms with E-state index in [4.69, 9.17) is 0 Å². The van der Waals surface area contributed by atoms with Crippen molar-refractivity contribution in [2.75, 3.05) is 6.54 Å². The van der Waals surface area contributed by atoms with Crippen LogP contribution in [0.2, 0.25) is 0 Å². The van der Waals surface area contributed by atoms with E-state index >= 15 is 0 Å². The highest BCUT2D eigenvalue weighted by Crippen LogP contribution is 2.16. The normalized spacial score (nSPS) is 10.7. The molecule has 2 aromatic rings. The number of aryl methyl sites for hydroxylation is 1. The highest BCUT2D eigenvalue weighted by atomic mass is 15.1. The first-order valence-electron chi connectivity index (χ1n) is 6.17. The summed E-state index contributed by atoms with van der Waals surface area (Å²) < 4.78 is 2.17. The van der Waals surface area contributed by atoms with Gasteiger partial charge in [-0.1, -0.05) is 32.0 Å². The molecule has 0 saturated heterocycles. The van der Waals surface area contributed by atoms with Gasteiger partial charge in [-0.3, -0.25) is 0 Å². The molecule has 17 heavy (non-hydrogen) atoms. The van der Waals surface area contributed by atoms with Crippen LogP contribution in [0.1, 0.15) is 25.1 Å². The molecule has 1 aromatic heterocycles. The van der Waals surface area contributed by atoms with Crippen molar-refractivity contribution in [3.05, 3.63) is 48.0 Å². The summed E-state index contributed by atoms with van der Waals surface area (Å²) in [5.41, 5.74) is 3.78. The van der Waals surface area contributed by atoms with Gasteiger partial charge >= 0.3 is 0 Å². The lowest BCUT2D eigenvalue weighted by Gasteiger charge is -2.12. The Kier molecular flexibility index (Phi) is 3.94. The molecule has 1 N–H and O–H groups in total. The number of benzene rings is 1. The zero-order valence-corrected chi connectivity index (χ0v) is 10.5. The summed E-state index contributed by atoms with van der Waals surface area (Å²) >= 11 is 0. The van der Waals surface area contributed by atoms with Gasteiger partial charge in [-0.25, -0.2) is 4.98 Å². The summed E-state index contributed by atoms with van der Waals surface area (Å²) in [5, 5.41) is 3.37. The van der Waals surface area contributed by atoms with Crippen molar-refractivity contribution in [2.24, 2.45) is 0 Å². The van der Waals surface area contributed by atoms with E-state index in [1.165, 1.54) is 16.9 Å². The lowest BCUT2D eigenvalue weighted by atomic mass is 10.1. The molecule has 0 radical (unpaired) electrons. The molecule has 0 bridgehead atoms. The van der Waals surface area contributed by atoms with Gasteiger partial charge in [-0.15, -0.1) is 0 Å². The maximum absolute atomic E-state index is 4.23. The zero-order valence-electron chi connectivity index (χ0n) is 10.5. The van der Waals surface area contributed by atoms with Gasteiger partial charge in [-0.05, 0) is 24.6 Å². The van der Waals surface area contributed by atoms with Crippen molar-refractivity contribution in [3.8, 4) is 5.69 Å². The minimum Gasteiger partial charge on any atom is -0.313 e. The van der Waals surface area contributed by atoms with Gasteiger partial charge in [0.1, 0.15) is 0 Å². The molecule has 0 aliphatic rings. The van der Waals surface area contributed by atoms with Crippen LogP contribution in [0.15, 0.2) is 36.8 Å². The average molecular weight is 229 g/mol. The SMILES string of the molecule is CCNCc1ccccc1-n1cncc1CC. The van der Waals surface area contributed by atoms with Gasteiger partial charge < -0.3 is 9.88 Å². The lowest BCUT2D eigenvalue weighted by Crippen LogP contribution is -2.14. The van der Waals surface area contributed by atoms with Crippen molar-refractivity contribution < 1.29 is 0 Å². The maximum Gasteiger partial charge on any atom is 0.0994 e. The fourth-order valence-electron chi connectivity index (χ4n) is 1.96. The molecule has 0 atom stereocenters. The third kappa shape index (κ3) is 2.56. The lowest BCUT2D eigenvalue weighted by molar-refractivity contribution is 0.721. The molecule has 0 aliphatic carbocycles. The molecule has 1 aromatic carbocycles. The van der Waals surface area contributed by atoms with E-state index in [1.807, 2.05) is 12.5 Å². The predicted molar refractivity (Wildman–Crippen MR) is 70.3 cm³/mol. The van der Waals surface area contributed by atoms with E-state index in [0.717, 1.165) is 19.5 Å². The molecule has 3 nitrogen and oxygen atoms in total. The van der Waals surface area contributed by atoms with E-state index in [2.05, 4.69) is 53.0 Å². The molecule has 0 amide bonds. The zero-order chi connectivity index (χ0) is 12.1. The van der Waals surface area contributed by atoms with Crippen LogP contribution in [0.5, 0.6) is 0 Å². The Morgan fingerprint density at radius 2 is 2.06 bits per heavy atom. The Labute approximate surface area is 103 Å². The van der Waals surface area contributed by atoms with Gasteiger partial charge in [0.25, 0.3) is 0 Å². The van der Waals surface area contributed by atoms with Crippen molar-refractivity contribution in [2.45, 2.75) is 26.8 Å². The summed E-state index contributed by atoms with van der Waals surface area (Å²) in [4.78, 5) is 4.23. The molecule has 0 fully saturated rings. The number of nitrogens with one attached hydrogen (secondary N) is 1. The second-order valence-corrected chi connectivity index (χ2v) is 4.02. The maximum atomic E-state index is 4.23. The number of rotatable bonds is 5. The summed E-state index contributed by atoms with van der Waals surface area (Å²) in [6, 6.07) is 8.47. The Bertz CT molecular complexity index is 474. The average Bonchev–Trinajstić information content (AvgIpc) is 2.84. The van der Waals surface area contributed by atoms with E-state index in [0.29, 0.717) is 0 Å². The minimum atomic E-state index is 0.897. The first-order valence-corrected chi connectivity index (χ1v) is 6.17. The van der Waals surface area contributed by atoms with Crippen LogP contribution >= 0.6 is 0 Å². The van der Waals surface area contributed by atoms with Crippen LogP contribution < -0.4 is 5.32 Å². The topological polar surface area (TPSA) is 29.9 Å². The van der Waals surface area contributed by atoms with Gasteiger partial charge in [-0.2, -0.15) is 0 Å². The quantitative estimate of drug-likeness (QED) is 0.854. The first kappa shape index (κ1) is 11.9. The largest absolute Gasteiger partial charge is 0.313 e. The van der Waals surface area contributed by atoms with Gasteiger partial charge in [0.15, 0.2) is 0 Å². The van der Waals surface area contributed by atoms with Crippen LogP contribution in [0.3, 0.4) is 0 Å². The molecule has 1 heterocycles. The van der Waals surface area contributed by atoms with Crippen LogP contribution in [-0.4, -0.2) is 16.1 Å². The van der Waals surface area contributed by atoms with Crippen LogP contribution in [0, 0.1) is 0 Å². The smallest absolute Gasteiger partial charge is 0.0994 e. The molecule has 0 aliphatic heterocycles. The summed E-state index contributed by atoms with van der Waals surface area (Å²) in [6.07, 6.45) is 4.82. The molecular formula is C14H19N3. The van der Waals surface area contributed by atoms with E-state index in [9.17, 15) is 0 Å². The number of hydrogen-bond acceptors (Lipinski definition) is 2. The minimum absolute atomic E-state index is 0.897. The van der Waals surface area contributed by atoms with Gasteiger partial charge in [0.2, 0.25) is 0 Å². The Morgan fingerprint density at radius 3 is 2.82 bits per heavy atom. The highest BCUT2D eigenvalue weighted by molar-refractivity contribution is 5.42. The monoisotopic (exact) mass is 229 g/mol. The van der Waals surface area contributed by atoms with Crippen LogP contribution in [0.4, 0.5) is 0 Å². The number of hydrogen-bond donors (Lipinski definition) is 1. The van der Waals surface area contributed by atoms with E-state index < -0.39 is 0 Å². The molecular weight excluding hydrogens is 210 g/mol. The Hall–Kier alpha value is -1.61. The van der Waals surface area contributed by atoms with Crippen molar-refractivity contribution >= 4 is 0 Å². The first-order chi connectivity index (χ1) is 8.36. The third-order valence-electron chi connectivity index (χ3n) is 2.89. The fraction of sp³-hybridized carbons (Fsp3) is 0.357. The summed E-state index contributed by atoms with van der Waals surface area (Å²) in [6.45, 7) is 6.16. The van der Waals surface area contributed by atoms with E-state index in [1.54, 1.807) is 0 Å². The number of imidazole rings is 1. The second-order valence-electron chi connectivity index (χ2n) is 4.02. The highest BCUT2D eigenvalue weighted by Gasteiger charge is 2.06. The summed E-state index contributed by atoms with van der Waals surface area (Å²) in [5.74, 6) is 0. The van der Waals surface area contributed by atoms with Crippen molar-refractivity contribution in [1.82, 2.24) is 14.9 Å². The number of aromatic nitrogens is 2. The Morgan fingerprint density at radius 1 is 1.24 bits per heavy atom. The third-order valence-corrected chi connectivity index (χ3v) is 2.89. The second kappa shape index (κ2) is 5.64. The molecule has 3 heteroatoms. The molecule has 0 spiro atoms. The molecule has 2 rings (SSSR count). The number of nitrogens with zero attached hydrogens (tertiary/aromatic N) is 2. The van der Waals surface area contributed by atoms with Gasteiger partial charge in [0, 0.05) is 18.4 Å². The Balaban J connectivity index is 2.37. The molecule has 0 saturated carbocycles. The number of para-hydroxylation sites is 1. The van der Waals surface area contributed by atoms with Crippen LogP contribution in [0.25, 0.3) is 5.69 Å². The van der Waals surface area contributed by atoms with Crippen molar-refractivity contribution in [1.29, 1.82) is 0 Å². The predicted octanol–water partition coefficient (Wildman–Crippen LogP) is 2.54. The van der Waals surface area contributed by atoms with Crippen LogP contribution in [-0.2, 0) is 13.0 Å². The summed E-state index contributed by atoms with van der Waals surface area (Å²) in [7, 11) is 0. The van der Waals surface area contributed by atoms with E-state index in [-0.39, 0.29) is 0 Å². The van der Waals surface area contributed by atoms with Crippen molar-refractivity contribution in [3.63, 3.8) is 0 Å². The molecule has 0 unspecified atom stereocenters. The van der Waals surface area contributed by atoms with Gasteiger partial charge in [0.05, 0.1) is 12.0 Å². The standard InChI is InChI=1S/C14H19N3/c1-3-13-10-16-11-17(13)14-8-6-5-7-12(14)9-15-4-2/h5-8,10-11,15H,3-4,9H2,1-2H3.